The van der Waals surface area contributed by atoms with Crippen molar-refractivity contribution in [2.45, 2.75) is 117 Å². The van der Waals surface area contributed by atoms with Crippen LogP contribution < -0.4 is 15.0 Å². The lowest BCUT2D eigenvalue weighted by atomic mass is 9.89. The van der Waals surface area contributed by atoms with E-state index in [1.54, 1.807) is 6.20 Å². The fraction of sp³-hybridized carbons (Fsp3) is 0.629. The van der Waals surface area contributed by atoms with Gasteiger partial charge >= 0.3 is 12.1 Å². The topological polar surface area (TPSA) is 99.2 Å². The monoisotopic (exact) mass is 641 g/mol. The van der Waals surface area contributed by atoms with Gasteiger partial charge in [-0.15, -0.1) is 0 Å². The lowest BCUT2D eigenvalue weighted by Crippen LogP contribution is -2.45. The van der Waals surface area contributed by atoms with Crippen molar-refractivity contribution in [1.29, 1.82) is 0 Å². The molecule has 1 aliphatic rings. The summed E-state index contributed by atoms with van der Waals surface area (Å²) in [5, 5.41) is 3.18. The number of carbonyl (C=O) groups excluding carboxylic acids is 2. The number of anilines is 1. The Balaban J connectivity index is 1.76. The Bertz CT molecular complexity index is 1290. The summed E-state index contributed by atoms with van der Waals surface area (Å²) in [6.07, 6.45) is 4.96. The second-order valence-electron chi connectivity index (χ2n) is 14.4. The van der Waals surface area contributed by atoms with Gasteiger partial charge in [0.1, 0.15) is 12.2 Å². The highest BCUT2D eigenvalue weighted by molar-refractivity contribution is 6.74. The van der Waals surface area contributed by atoms with Crippen molar-refractivity contribution in [2.75, 3.05) is 31.8 Å². The lowest BCUT2D eigenvalue weighted by Gasteiger charge is -2.39. The van der Waals surface area contributed by atoms with Crippen LogP contribution in [0.15, 0.2) is 30.5 Å². The Morgan fingerprint density at radius 3 is 2.20 bits per heavy atom. The fourth-order valence-corrected chi connectivity index (χ4v) is 6.44. The first-order valence-electron chi connectivity index (χ1n) is 16.2. The standard InChI is InChI=1S/C35H55N3O6Si/c1-12-38(28-16-14-27(15-17-28)37-33(40)44-34(3,4)5)30-22-26(21-29(24(30)2)32(39)41-9)25-13-18-31(36-23-25)42-19-20-43-45(10,11)35(6,7)8/h13,18,21-23,27-28H,12,14-17,19-20H2,1-11H3,(H,37,40)/t27-,28-. The van der Waals surface area contributed by atoms with E-state index in [-0.39, 0.29) is 29.2 Å². The van der Waals surface area contributed by atoms with Crippen molar-refractivity contribution in [1.82, 2.24) is 10.3 Å². The second kappa shape index (κ2) is 15.0. The minimum Gasteiger partial charge on any atom is -0.475 e. The molecular weight excluding hydrogens is 586 g/mol. The molecule has 1 heterocycles. The highest BCUT2D eigenvalue weighted by Gasteiger charge is 2.37. The Kier molecular flexibility index (Phi) is 12.1. The summed E-state index contributed by atoms with van der Waals surface area (Å²) in [6.45, 7) is 22.6. The molecule has 0 saturated heterocycles. The van der Waals surface area contributed by atoms with Gasteiger partial charge in [0.15, 0.2) is 8.32 Å². The van der Waals surface area contributed by atoms with E-state index in [2.05, 4.69) is 62.1 Å². The molecule has 0 bridgehead atoms. The molecule has 1 saturated carbocycles. The number of aromatic nitrogens is 1. The number of amides is 1. The van der Waals surface area contributed by atoms with Gasteiger partial charge in [-0.25, -0.2) is 14.6 Å². The van der Waals surface area contributed by atoms with E-state index in [1.807, 2.05) is 45.9 Å². The number of nitrogens with zero attached hydrogens (tertiary/aromatic N) is 2. The molecule has 0 spiro atoms. The molecule has 0 atom stereocenters. The lowest BCUT2D eigenvalue weighted by molar-refractivity contribution is 0.0490. The van der Waals surface area contributed by atoms with Gasteiger partial charge in [-0.1, -0.05) is 20.8 Å². The molecule has 1 amide bonds. The molecule has 1 aliphatic carbocycles. The largest absolute Gasteiger partial charge is 0.475 e. The summed E-state index contributed by atoms with van der Waals surface area (Å²) >= 11 is 0. The molecule has 1 N–H and O–H groups in total. The van der Waals surface area contributed by atoms with Gasteiger partial charge in [-0.05, 0) is 108 Å². The van der Waals surface area contributed by atoms with Crippen LogP contribution >= 0.6 is 0 Å². The van der Waals surface area contributed by atoms with Gasteiger partial charge in [0.05, 0.1) is 19.3 Å². The average Bonchev–Trinajstić information content (AvgIpc) is 2.95. The Morgan fingerprint density at radius 2 is 1.67 bits per heavy atom. The fourth-order valence-electron chi connectivity index (χ4n) is 5.41. The molecule has 0 radical (unpaired) electrons. The first kappa shape index (κ1) is 36.4. The van der Waals surface area contributed by atoms with Crippen LogP contribution in [0.25, 0.3) is 11.1 Å². The van der Waals surface area contributed by atoms with Gasteiger partial charge in [0.2, 0.25) is 5.88 Å². The van der Waals surface area contributed by atoms with Gasteiger partial charge in [-0.2, -0.15) is 0 Å². The van der Waals surface area contributed by atoms with E-state index in [4.69, 9.17) is 18.6 Å². The van der Waals surface area contributed by atoms with Crippen LogP contribution in [0.3, 0.4) is 0 Å². The first-order chi connectivity index (χ1) is 21.0. The van der Waals surface area contributed by atoms with E-state index in [9.17, 15) is 9.59 Å². The van der Waals surface area contributed by atoms with Crippen molar-refractivity contribution in [2.24, 2.45) is 0 Å². The molecule has 3 rings (SSSR count). The summed E-state index contributed by atoms with van der Waals surface area (Å²) in [6, 6.07) is 8.20. The van der Waals surface area contributed by atoms with Crippen molar-refractivity contribution in [3.05, 3.63) is 41.6 Å². The van der Waals surface area contributed by atoms with E-state index in [0.29, 0.717) is 24.7 Å². The summed E-state index contributed by atoms with van der Waals surface area (Å²) < 4.78 is 22.7. The number of esters is 1. The normalized spacial score (nSPS) is 17.4. The van der Waals surface area contributed by atoms with Crippen LogP contribution in [-0.4, -0.2) is 69.9 Å². The number of alkyl carbamates (subject to hydrolysis) is 1. The van der Waals surface area contributed by atoms with Gasteiger partial charge in [0, 0.05) is 42.1 Å². The maximum absolute atomic E-state index is 12.9. The maximum atomic E-state index is 12.9. The molecule has 1 aromatic heterocycles. The van der Waals surface area contributed by atoms with Crippen LogP contribution in [0.2, 0.25) is 18.1 Å². The van der Waals surface area contributed by atoms with Gasteiger partial charge in [-0.3, -0.25) is 0 Å². The number of hydrogen-bond donors (Lipinski definition) is 1. The van der Waals surface area contributed by atoms with Gasteiger partial charge < -0.3 is 28.9 Å². The van der Waals surface area contributed by atoms with Crippen molar-refractivity contribution < 1.29 is 28.2 Å². The Morgan fingerprint density at radius 1 is 1.00 bits per heavy atom. The smallest absolute Gasteiger partial charge is 0.407 e. The predicted molar refractivity (Wildman–Crippen MR) is 183 cm³/mol. The Labute approximate surface area is 271 Å². The minimum absolute atomic E-state index is 0.0818. The van der Waals surface area contributed by atoms with Gasteiger partial charge in [0.25, 0.3) is 0 Å². The third-order valence-electron chi connectivity index (χ3n) is 8.97. The SMILES string of the molecule is CCN(c1cc(-c2ccc(OCCO[Si](C)(C)C(C)(C)C)nc2)cc(C(=O)OC)c1C)[C@H]1CC[C@H](NC(=O)OC(C)(C)C)CC1. The number of nitrogens with one attached hydrogen (secondary N) is 1. The number of ether oxygens (including phenoxy) is 3. The van der Waals surface area contributed by atoms with E-state index in [1.165, 1.54) is 7.11 Å². The zero-order valence-electron chi connectivity index (χ0n) is 29.3. The van der Waals surface area contributed by atoms with E-state index < -0.39 is 13.9 Å². The van der Waals surface area contributed by atoms with Crippen molar-refractivity contribution >= 4 is 26.1 Å². The molecule has 1 aromatic carbocycles. The predicted octanol–water partition coefficient (Wildman–Crippen LogP) is 7.91. The van der Waals surface area contributed by atoms with Crippen LogP contribution in [0.4, 0.5) is 10.5 Å². The summed E-state index contributed by atoms with van der Waals surface area (Å²) in [5.74, 6) is 0.164. The number of hydrogen-bond acceptors (Lipinski definition) is 8. The van der Waals surface area contributed by atoms with Crippen LogP contribution in [0, 0.1) is 6.92 Å². The highest BCUT2D eigenvalue weighted by atomic mass is 28.4. The molecule has 9 nitrogen and oxygen atoms in total. The summed E-state index contributed by atoms with van der Waals surface area (Å²) in [4.78, 5) is 32.1. The maximum Gasteiger partial charge on any atom is 0.407 e. The zero-order valence-corrected chi connectivity index (χ0v) is 30.3. The summed E-state index contributed by atoms with van der Waals surface area (Å²) in [7, 11) is -0.422. The van der Waals surface area contributed by atoms with Crippen LogP contribution in [0.1, 0.15) is 90.1 Å². The highest BCUT2D eigenvalue weighted by Crippen LogP contribution is 2.37. The molecule has 2 aromatic rings. The number of benzene rings is 1. The number of carbonyl (C=O) groups is 2. The van der Waals surface area contributed by atoms with Crippen LogP contribution in [-0.2, 0) is 13.9 Å². The Hall–Kier alpha value is -3.11. The number of methoxy groups -OCH3 is 1. The molecule has 10 heteroatoms. The minimum atomic E-state index is -1.83. The third-order valence-corrected chi connectivity index (χ3v) is 13.5. The quantitative estimate of drug-likeness (QED) is 0.150. The first-order valence-corrected chi connectivity index (χ1v) is 19.1. The zero-order chi connectivity index (χ0) is 33.6. The van der Waals surface area contributed by atoms with E-state index >= 15 is 0 Å². The van der Waals surface area contributed by atoms with E-state index in [0.717, 1.165) is 54.6 Å². The van der Waals surface area contributed by atoms with Crippen molar-refractivity contribution in [3.8, 4) is 17.0 Å². The number of rotatable bonds is 11. The summed E-state index contributed by atoms with van der Waals surface area (Å²) in [5.41, 5.74) is 3.66. The number of pyridine rings is 1. The third kappa shape index (κ3) is 9.94. The van der Waals surface area contributed by atoms with Crippen molar-refractivity contribution in [3.63, 3.8) is 0 Å². The molecule has 0 aliphatic heterocycles. The molecule has 1 fully saturated rings. The molecular formula is C35H55N3O6Si. The molecule has 250 valence electrons. The second-order valence-corrected chi connectivity index (χ2v) is 19.2. The van der Waals surface area contributed by atoms with Crippen LogP contribution in [0.5, 0.6) is 5.88 Å². The molecule has 0 unspecified atom stereocenters. The average molecular weight is 642 g/mol. The molecule has 45 heavy (non-hydrogen) atoms.